The summed E-state index contributed by atoms with van der Waals surface area (Å²) < 4.78 is 23.8. The number of rotatable bonds is 60. The number of carbonyl (C=O) groups excluding carboxylic acids is 1. The van der Waals surface area contributed by atoms with Gasteiger partial charge >= 0.3 is 7.82 Å². The predicted molar refractivity (Wildman–Crippen MR) is 359 cm³/mol. The molecule has 0 aromatic carbocycles. The quantitative estimate of drug-likeness (QED) is 0.0243. The van der Waals surface area contributed by atoms with Crippen LogP contribution >= 0.6 is 7.82 Å². The Balaban J connectivity index is 4.17. The van der Waals surface area contributed by atoms with Gasteiger partial charge in [0.25, 0.3) is 0 Å². The number of nitrogens with zero attached hydrogens (tertiary/aromatic N) is 1. The molecule has 0 fully saturated rings. The van der Waals surface area contributed by atoms with Gasteiger partial charge in [-0.05, 0) is 96.3 Å². The number of aliphatic hydroxyl groups is 1. The van der Waals surface area contributed by atoms with Crippen molar-refractivity contribution in [1.82, 2.24) is 5.32 Å². The van der Waals surface area contributed by atoms with Crippen LogP contribution in [-0.2, 0) is 18.4 Å². The first-order valence-electron chi connectivity index (χ1n) is 33.5. The van der Waals surface area contributed by atoms with Gasteiger partial charge in [0.05, 0.1) is 39.9 Å². The third-order valence-electron chi connectivity index (χ3n) is 14.4. The number of allylic oxidation sites excluding steroid dienone is 22. The van der Waals surface area contributed by atoms with Crippen LogP contribution in [0.15, 0.2) is 134 Å². The fraction of sp³-hybridized carbons (Fsp3) is 0.685. The van der Waals surface area contributed by atoms with E-state index in [1.165, 1.54) is 116 Å². The molecule has 0 radical (unpaired) electrons. The second kappa shape index (κ2) is 62.2. The van der Waals surface area contributed by atoms with Crippen molar-refractivity contribution in [3.05, 3.63) is 134 Å². The predicted octanol–water partition coefficient (Wildman–Crippen LogP) is 21.4. The number of phosphoric acid groups is 1. The van der Waals surface area contributed by atoms with Crippen LogP contribution in [0.4, 0.5) is 0 Å². The van der Waals surface area contributed by atoms with Gasteiger partial charge in [-0.25, -0.2) is 4.57 Å². The molecule has 0 aromatic heterocycles. The van der Waals surface area contributed by atoms with Crippen LogP contribution in [0.1, 0.15) is 271 Å². The summed E-state index contributed by atoms with van der Waals surface area (Å²) in [7, 11) is 1.59. The molecule has 0 saturated heterocycles. The molecule has 3 unspecified atom stereocenters. The van der Waals surface area contributed by atoms with Crippen molar-refractivity contribution in [2.24, 2.45) is 0 Å². The van der Waals surface area contributed by atoms with E-state index in [0.717, 1.165) is 128 Å². The first-order chi connectivity index (χ1) is 40.0. The summed E-state index contributed by atoms with van der Waals surface area (Å²) in [6.45, 7) is 4.77. The lowest BCUT2D eigenvalue weighted by atomic mass is 10.0. The molecule has 9 heteroatoms. The van der Waals surface area contributed by atoms with Crippen molar-refractivity contribution < 1.29 is 32.9 Å². The fourth-order valence-corrected chi connectivity index (χ4v) is 9.96. The molecule has 1 amide bonds. The second-order valence-corrected chi connectivity index (χ2v) is 24.9. The third kappa shape index (κ3) is 64.2. The summed E-state index contributed by atoms with van der Waals surface area (Å²) in [5.74, 6) is -0.166. The average molecular weight is 1160 g/mol. The highest BCUT2D eigenvalue weighted by atomic mass is 31.2. The van der Waals surface area contributed by atoms with E-state index in [-0.39, 0.29) is 19.1 Å². The molecule has 0 heterocycles. The van der Waals surface area contributed by atoms with E-state index in [0.29, 0.717) is 23.9 Å². The number of hydrogen-bond donors (Lipinski definition) is 3. The molecule has 0 aromatic rings. The van der Waals surface area contributed by atoms with E-state index in [1.54, 1.807) is 0 Å². The van der Waals surface area contributed by atoms with Gasteiger partial charge in [0, 0.05) is 6.42 Å². The molecule has 0 aliphatic carbocycles. The Morgan fingerprint density at radius 2 is 0.732 bits per heavy atom. The Bertz CT molecular complexity index is 1800. The third-order valence-corrected chi connectivity index (χ3v) is 15.4. The maximum absolute atomic E-state index is 13.0. The summed E-state index contributed by atoms with van der Waals surface area (Å²) in [4.78, 5) is 23.4. The van der Waals surface area contributed by atoms with Crippen LogP contribution < -0.4 is 5.32 Å². The van der Waals surface area contributed by atoms with Gasteiger partial charge in [0.15, 0.2) is 0 Å². The van der Waals surface area contributed by atoms with Gasteiger partial charge in [0.1, 0.15) is 13.2 Å². The van der Waals surface area contributed by atoms with Gasteiger partial charge < -0.3 is 19.8 Å². The maximum atomic E-state index is 13.0. The van der Waals surface area contributed by atoms with E-state index in [2.05, 4.69) is 153 Å². The minimum Gasteiger partial charge on any atom is -0.391 e. The van der Waals surface area contributed by atoms with Crippen molar-refractivity contribution in [3.8, 4) is 0 Å². The summed E-state index contributed by atoms with van der Waals surface area (Å²) in [5.41, 5.74) is 0. The smallest absolute Gasteiger partial charge is 0.391 e. The van der Waals surface area contributed by atoms with Gasteiger partial charge in [0.2, 0.25) is 5.91 Å². The van der Waals surface area contributed by atoms with Crippen molar-refractivity contribution in [2.45, 2.75) is 283 Å². The molecule has 0 bridgehead atoms. The van der Waals surface area contributed by atoms with E-state index in [9.17, 15) is 19.4 Å². The van der Waals surface area contributed by atoms with Crippen molar-refractivity contribution in [3.63, 3.8) is 0 Å². The summed E-state index contributed by atoms with van der Waals surface area (Å²) in [6.07, 6.45) is 93.9. The van der Waals surface area contributed by atoms with Crippen LogP contribution in [0.25, 0.3) is 0 Å². The summed E-state index contributed by atoms with van der Waals surface area (Å²) in [6, 6.07) is -0.782. The first kappa shape index (κ1) is 78.6. The summed E-state index contributed by atoms with van der Waals surface area (Å²) in [5, 5.41) is 14.1. The van der Waals surface area contributed by atoms with Crippen LogP contribution in [0.5, 0.6) is 0 Å². The SMILES string of the molecule is CC/C=C\C/C=C\C/C=C\C/C=C\C/C=C\C/C=C\C/C=C\C/C=C\C/C=C\C/C=C\C/C=C\CCCCCCCC(=O)NC(COP(=O)(O)OCC[N+](C)(C)C)C(O)CCCCCCCCCCCCCCCCCCCCCCC. The van der Waals surface area contributed by atoms with Crippen LogP contribution in [0.3, 0.4) is 0 Å². The van der Waals surface area contributed by atoms with E-state index in [4.69, 9.17) is 9.05 Å². The molecule has 0 aliphatic rings. The van der Waals surface area contributed by atoms with Crippen molar-refractivity contribution in [2.75, 3.05) is 40.9 Å². The largest absolute Gasteiger partial charge is 0.472 e. The maximum Gasteiger partial charge on any atom is 0.472 e. The Labute approximate surface area is 506 Å². The van der Waals surface area contributed by atoms with Gasteiger partial charge in [-0.2, -0.15) is 0 Å². The van der Waals surface area contributed by atoms with Crippen LogP contribution in [-0.4, -0.2) is 73.4 Å². The first-order valence-corrected chi connectivity index (χ1v) is 35.0. The summed E-state index contributed by atoms with van der Waals surface area (Å²) >= 11 is 0. The Kier molecular flexibility index (Phi) is 59.6. The number of unbranched alkanes of at least 4 members (excludes halogenated alkanes) is 25. The van der Waals surface area contributed by atoms with Gasteiger partial charge in [-0.3, -0.25) is 13.8 Å². The number of likely N-dealkylation sites (N-methyl/N-ethyl adjacent to an activating group) is 1. The van der Waals surface area contributed by atoms with Gasteiger partial charge in [-0.1, -0.05) is 302 Å². The number of hydrogen-bond acceptors (Lipinski definition) is 5. The lowest BCUT2D eigenvalue weighted by molar-refractivity contribution is -0.870. The number of aliphatic hydroxyl groups excluding tert-OH is 1. The number of quaternary nitrogens is 1. The highest BCUT2D eigenvalue weighted by molar-refractivity contribution is 7.47. The zero-order valence-corrected chi connectivity index (χ0v) is 54.6. The minimum absolute atomic E-state index is 0.0642. The zero-order valence-electron chi connectivity index (χ0n) is 53.7. The normalized spacial score (nSPS) is 14.6. The molecule has 3 N–H and O–H groups in total. The average Bonchev–Trinajstić information content (AvgIpc) is 3.46. The lowest BCUT2D eigenvalue weighted by Crippen LogP contribution is -2.46. The van der Waals surface area contributed by atoms with E-state index < -0.39 is 20.0 Å². The highest BCUT2D eigenvalue weighted by Gasteiger charge is 2.28. The Hall–Kier alpha value is -3.36. The number of carbonyl (C=O) groups is 1. The molecule has 0 aliphatic heterocycles. The number of nitrogens with one attached hydrogen (secondary N) is 1. The fourth-order valence-electron chi connectivity index (χ4n) is 9.23. The van der Waals surface area contributed by atoms with Crippen molar-refractivity contribution >= 4 is 13.7 Å². The molecule has 0 rings (SSSR count). The molecule has 470 valence electrons. The molecule has 8 nitrogen and oxygen atoms in total. The molecular formula is C73H128N2O6P+. The number of amides is 1. The van der Waals surface area contributed by atoms with E-state index in [1.807, 2.05) is 21.1 Å². The zero-order chi connectivity index (χ0) is 59.8. The lowest BCUT2D eigenvalue weighted by Gasteiger charge is -2.26. The molecular weight excluding hydrogens is 1030 g/mol. The van der Waals surface area contributed by atoms with Crippen LogP contribution in [0.2, 0.25) is 0 Å². The van der Waals surface area contributed by atoms with Crippen LogP contribution in [0, 0.1) is 0 Å². The molecule has 0 spiro atoms. The topological polar surface area (TPSA) is 105 Å². The molecule has 3 atom stereocenters. The molecule has 82 heavy (non-hydrogen) atoms. The van der Waals surface area contributed by atoms with E-state index >= 15 is 0 Å². The van der Waals surface area contributed by atoms with Gasteiger partial charge in [-0.15, -0.1) is 0 Å². The highest BCUT2D eigenvalue weighted by Crippen LogP contribution is 2.43. The second-order valence-electron chi connectivity index (χ2n) is 23.5. The van der Waals surface area contributed by atoms with Crippen molar-refractivity contribution in [1.29, 1.82) is 0 Å². The minimum atomic E-state index is -4.34. The molecule has 0 saturated carbocycles. The number of phosphoric ester groups is 1. The Morgan fingerprint density at radius 1 is 0.427 bits per heavy atom. The monoisotopic (exact) mass is 1160 g/mol. The Morgan fingerprint density at radius 3 is 1.07 bits per heavy atom. The standard InChI is InChI=1S/C73H127N2O6P/c1-6-8-10-12-14-16-18-20-22-24-26-28-29-30-31-32-33-34-35-36-37-38-39-40-41-42-43-44-45-47-49-51-53-55-57-59-61-63-65-67-73(77)74-71(70-81-82(78,79)80-69-68-75(3,4)5)72(76)66-64-62-60-58-56-54-52-50-48-46-27-25-23-21-19-17-15-13-11-9-7-2/h8,10,14,16,20,22,26,28,30-31,33-34,36-37,39-40,42-43,45,47,51,53,71-72,76H,6-7,9,11-13,15,17-19,21,23-25,27,29,32,35,38,41,44,46,48-50,52,54-70H2,1-5H3,(H-,74,77,78,79)/p+1/b10-8-,16-14-,22-20-,28-26-,31-30-,34-33-,37-36-,40-39-,43-42-,47-45-,53-51-.